The van der Waals surface area contributed by atoms with E-state index in [9.17, 15) is 0 Å². The van der Waals surface area contributed by atoms with Crippen LogP contribution in [0.15, 0.2) is 23.6 Å². The Labute approximate surface area is 118 Å². The Kier molecular flexibility index (Phi) is 3.73. The highest BCUT2D eigenvalue weighted by Crippen LogP contribution is 2.38. The predicted octanol–water partition coefficient (Wildman–Crippen LogP) is 2.62. The number of thioether (sulfide) groups is 1. The van der Waals surface area contributed by atoms with Crippen LogP contribution in [0, 0.1) is 5.92 Å². The quantitative estimate of drug-likeness (QED) is 0.902. The van der Waals surface area contributed by atoms with E-state index < -0.39 is 0 Å². The highest BCUT2D eigenvalue weighted by molar-refractivity contribution is 8.14. The van der Waals surface area contributed by atoms with E-state index in [4.69, 9.17) is 0 Å². The molecule has 1 aromatic heterocycles. The van der Waals surface area contributed by atoms with Crippen molar-refractivity contribution in [2.45, 2.75) is 44.7 Å². The second-order valence-electron chi connectivity index (χ2n) is 5.70. The smallest absolute Gasteiger partial charge is 0.157 e. The van der Waals surface area contributed by atoms with E-state index in [0.29, 0.717) is 12.1 Å². The van der Waals surface area contributed by atoms with Crippen LogP contribution in [0.25, 0.3) is 0 Å². The molecule has 1 N–H and O–H groups in total. The van der Waals surface area contributed by atoms with E-state index in [1.54, 1.807) is 12.5 Å². The van der Waals surface area contributed by atoms with Gasteiger partial charge in [-0.2, -0.15) is 0 Å². The summed E-state index contributed by atoms with van der Waals surface area (Å²) < 4.78 is 0. The summed E-state index contributed by atoms with van der Waals surface area (Å²) in [5.74, 6) is 2.06. The average molecular weight is 276 g/mol. The lowest BCUT2D eigenvalue weighted by atomic mass is 9.78. The fraction of sp³-hybridized carbons (Fsp3) is 0.643. The molecule has 19 heavy (non-hydrogen) atoms. The number of aromatic nitrogens is 2. The number of amidine groups is 1. The molecule has 0 bridgehead atoms. The third-order valence-electron chi connectivity index (χ3n) is 4.12. The van der Waals surface area contributed by atoms with Gasteiger partial charge in [0.15, 0.2) is 5.17 Å². The zero-order valence-corrected chi connectivity index (χ0v) is 12.1. The van der Waals surface area contributed by atoms with Crippen LogP contribution in [0.4, 0.5) is 0 Å². The molecule has 1 saturated heterocycles. The zero-order valence-electron chi connectivity index (χ0n) is 11.3. The predicted molar refractivity (Wildman–Crippen MR) is 79.1 cm³/mol. The first-order valence-electron chi connectivity index (χ1n) is 6.96. The summed E-state index contributed by atoms with van der Waals surface area (Å²) in [6, 6.07) is 1.92. The Balaban J connectivity index is 1.59. The molecule has 3 rings (SSSR count). The van der Waals surface area contributed by atoms with Crippen LogP contribution in [-0.2, 0) is 6.54 Å². The van der Waals surface area contributed by atoms with Crippen LogP contribution < -0.4 is 5.32 Å². The summed E-state index contributed by atoms with van der Waals surface area (Å²) in [5, 5.41) is 4.76. The fourth-order valence-electron chi connectivity index (χ4n) is 2.74. The summed E-state index contributed by atoms with van der Waals surface area (Å²) >= 11 is 1.86. The molecule has 102 valence electrons. The van der Waals surface area contributed by atoms with Gasteiger partial charge in [-0.15, -0.1) is 0 Å². The molecule has 1 aromatic rings. The highest BCUT2D eigenvalue weighted by Gasteiger charge is 2.39. The third-order valence-corrected chi connectivity index (χ3v) is 5.32. The van der Waals surface area contributed by atoms with Crippen LogP contribution >= 0.6 is 11.8 Å². The molecule has 0 atom stereocenters. The van der Waals surface area contributed by atoms with E-state index >= 15 is 0 Å². The van der Waals surface area contributed by atoms with Crippen molar-refractivity contribution in [3.8, 4) is 0 Å². The Morgan fingerprint density at radius 1 is 1.47 bits per heavy atom. The van der Waals surface area contributed by atoms with E-state index in [0.717, 1.165) is 16.8 Å². The second kappa shape index (κ2) is 5.49. The van der Waals surface area contributed by atoms with Crippen molar-refractivity contribution in [3.63, 3.8) is 0 Å². The van der Waals surface area contributed by atoms with Gasteiger partial charge in [0, 0.05) is 17.5 Å². The van der Waals surface area contributed by atoms with Gasteiger partial charge in [0.25, 0.3) is 0 Å². The maximum absolute atomic E-state index is 4.64. The number of hydrogen-bond donors (Lipinski definition) is 1. The van der Waals surface area contributed by atoms with Gasteiger partial charge in [-0.3, -0.25) is 4.99 Å². The van der Waals surface area contributed by atoms with Crippen LogP contribution in [-0.4, -0.2) is 26.4 Å². The standard InChI is InChI=1S/C14H20N4S/c1-11-2-5-14(6-3-11)9-19-13(18-14)16-8-12-4-7-15-10-17-12/h4,7,10-11H,2-3,5-6,8-9H2,1H3,(H,16,18). The van der Waals surface area contributed by atoms with E-state index in [-0.39, 0.29) is 0 Å². The number of aliphatic imine (C=N–C) groups is 1. The number of nitrogens with zero attached hydrogens (tertiary/aromatic N) is 3. The SMILES string of the molecule is CC1CCC2(CC1)CSC(=NCc1ccncn1)N2. The van der Waals surface area contributed by atoms with Crippen molar-refractivity contribution < 1.29 is 0 Å². The van der Waals surface area contributed by atoms with E-state index in [1.807, 2.05) is 17.8 Å². The highest BCUT2D eigenvalue weighted by atomic mass is 32.2. The normalized spacial score (nSPS) is 32.7. The molecule has 0 aromatic carbocycles. The first-order chi connectivity index (χ1) is 9.26. The van der Waals surface area contributed by atoms with Crippen molar-refractivity contribution in [2.75, 3.05) is 5.75 Å². The monoisotopic (exact) mass is 276 g/mol. The Bertz CT molecular complexity index is 452. The van der Waals surface area contributed by atoms with Gasteiger partial charge in [0.2, 0.25) is 0 Å². The molecule has 5 heteroatoms. The van der Waals surface area contributed by atoms with E-state index in [2.05, 4.69) is 27.2 Å². The lowest BCUT2D eigenvalue weighted by Gasteiger charge is -2.35. The summed E-state index contributed by atoms with van der Waals surface area (Å²) in [7, 11) is 0. The molecule has 2 heterocycles. The van der Waals surface area contributed by atoms with Crippen LogP contribution in [0.1, 0.15) is 38.3 Å². The summed E-state index contributed by atoms with van der Waals surface area (Å²) in [5.41, 5.74) is 1.30. The first-order valence-corrected chi connectivity index (χ1v) is 7.95. The van der Waals surface area contributed by atoms with Crippen molar-refractivity contribution >= 4 is 16.9 Å². The Morgan fingerprint density at radius 3 is 3.05 bits per heavy atom. The molecule has 0 unspecified atom stereocenters. The second-order valence-corrected chi connectivity index (χ2v) is 6.66. The van der Waals surface area contributed by atoms with Crippen molar-refractivity contribution in [1.29, 1.82) is 0 Å². The zero-order chi connectivity index (χ0) is 13.1. The Hall–Kier alpha value is -1.10. The first kappa shape index (κ1) is 12.9. The molecular weight excluding hydrogens is 256 g/mol. The van der Waals surface area contributed by atoms with Crippen molar-refractivity contribution in [3.05, 3.63) is 24.3 Å². The average Bonchev–Trinajstić information content (AvgIpc) is 2.85. The third kappa shape index (κ3) is 3.08. The van der Waals surface area contributed by atoms with Gasteiger partial charge >= 0.3 is 0 Å². The minimum Gasteiger partial charge on any atom is -0.359 e. The number of hydrogen-bond acceptors (Lipinski definition) is 4. The summed E-state index contributed by atoms with van der Waals surface area (Å²) in [6.07, 6.45) is 8.59. The minimum absolute atomic E-state index is 0.321. The van der Waals surface area contributed by atoms with Gasteiger partial charge in [0.1, 0.15) is 6.33 Å². The van der Waals surface area contributed by atoms with Gasteiger partial charge in [0.05, 0.1) is 12.2 Å². The maximum atomic E-state index is 4.64. The topological polar surface area (TPSA) is 50.2 Å². The summed E-state index contributed by atoms with van der Waals surface area (Å²) in [6.45, 7) is 3.00. The van der Waals surface area contributed by atoms with Gasteiger partial charge in [-0.1, -0.05) is 18.7 Å². The Morgan fingerprint density at radius 2 is 2.32 bits per heavy atom. The lowest BCUT2D eigenvalue weighted by Crippen LogP contribution is -2.46. The van der Waals surface area contributed by atoms with Crippen LogP contribution in [0.2, 0.25) is 0 Å². The molecule has 2 aliphatic rings. The van der Waals surface area contributed by atoms with E-state index in [1.165, 1.54) is 31.4 Å². The molecule has 0 amide bonds. The van der Waals surface area contributed by atoms with Crippen LogP contribution in [0.3, 0.4) is 0 Å². The van der Waals surface area contributed by atoms with Gasteiger partial charge < -0.3 is 5.32 Å². The molecule has 0 radical (unpaired) electrons. The largest absolute Gasteiger partial charge is 0.359 e. The fourth-order valence-corrected chi connectivity index (χ4v) is 3.96. The molecule has 1 aliphatic heterocycles. The number of rotatable bonds is 2. The molecular formula is C14H20N4S. The van der Waals surface area contributed by atoms with Crippen LogP contribution in [0.5, 0.6) is 0 Å². The molecule has 1 saturated carbocycles. The minimum atomic E-state index is 0.321. The molecule has 4 nitrogen and oxygen atoms in total. The van der Waals surface area contributed by atoms with Crippen molar-refractivity contribution in [1.82, 2.24) is 15.3 Å². The maximum Gasteiger partial charge on any atom is 0.157 e. The van der Waals surface area contributed by atoms with Crippen molar-refractivity contribution in [2.24, 2.45) is 10.9 Å². The number of nitrogens with one attached hydrogen (secondary N) is 1. The summed E-state index contributed by atoms with van der Waals surface area (Å²) in [4.78, 5) is 12.8. The lowest BCUT2D eigenvalue weighted by molar-refractivity contribution is 0.251. The van der Waals surface area contributed by atoms with Gasteiger partial charge in [-0.25, -0.2) is 9.97 Å². The van der Waals surface area contributed by atoms with Gasteiger partial charge in [-0.05, 0) is 37.7 Å². The molecule has 1 aliphatic carbocycles. The molecule has 1 spiro atoms. The molecule has 2 fully saturated rings.